The molecule has 1 aliphatic rings. The SMILES string of the molecule is CC(Cl)C(=O)NC(=O)NCC1CCN(C(C)C)C1. The molecule has 0 spiro atoms. The number of hydrogen-bond acceptors (Lipinski definition) is 3. The van der Waals surface area contributed by atoms with Gasteiger partial charge in [-0.25, -0.2) is 4.79 Å². The zero-order valence-electron chi connectivity index (χ0n) is 11.2. The van der Waals surface area contributed by atoms with E-state index in [2.05, 4.69) is 29.4 Å². The molecule has 0 saturated carbocycles. The Morgan fingerprint density at radius 2 is 2.06 bits per heavy atom. The monoisotopic (exact) mass is 275 g/mol. The van der Waals surface area contributed by atoms with Crippen molar-refractivity contribution in [1.29, 1.82) is 0 Å². The highest BCUT2D eigenvalue weighted by molar-refractivity contribution is 6.31. The van der Waals surface area contributed by atoms with Crippen molar-refractivity contribution in [2.75, 3.05) is 19.6 Å². The van der Waals surface area contributed by atoms with Gasteiger partial charge in [0.25, 0.3) is 0 Å². The van der Waals surface area contributed by atoms with Gasteiger partial charge in [-0.15, -0.1) is 11.6 Å². The molecule has 2 atom stereocenters. The van der Waals surface area contributed by atoms with Crippen LogP contribution in [-0.4, -0.2) is 47.9 Å². The third kappa shape index (κ3) is 4.82. The summed E-state index contributed by atoms with van der Waals surface area (Å²) in [6.07, 6.45) is 1.08. The Balaban J connectivity index is 2.22. The van der Waals surface area contributed by atoms with Crippen LogP contribution in [0.4, 0.5) is 4.79 Å². The average Bonchev–Trinajstić information content (AvgIpc) is 2.74. The maximum absolute atomic E-state index is 11.4. The third-order valence-corrected chi connectivity index (χ3v) is 3.40. The maximum Gasteiger partial charge on any atom is 0.321 e. The lowest BCUT2D eigenvalue weighted by molar-refractivity contribution is -0.119. The van der Waals surface area contributed by atoms with Gasteiger partial charge in [-0.1, -0.05) is 0 Å². The fourth-order valence-corrected chi connectivity index (χ4v) is 2.05. The number of nitrogens with one attached hydrogen (secondary N) is 2. The number of rotatable bonds is 4. The number of likely N-dealkylation sites (tertiary alicyclic amines) is 1. The Bertz CT molecular complexity index is 308. The first-order valence-corrected chi connectivity index (χ1v) is 6.80. The Labute approximate surface area is 113 Å². The van der Waals surface area contributed by atoms with Gasteiger partial charge in [-0.3, -0.25) is 10.1 Å². The van der Waals surface area contributed by atoms with Crippen molar-refractivity contribution in [2.45, 2.75) is 38.6 Å². The quantitative estimate of drug-likeness (QED) is 0.757. The van der Waals surface area contributed by atoms with Crippen LogP contribution in [0.5, 0.6) is 0 Å². The van der Waals surface area contributed by atoms with E-state index in [1.54, 1.807) is 0 Å². The zero-order chi connectivity index (χ0) is 13.7. The first kappa shape index (κ1) is 15.2. The van der Waals surface area contributed by atoms with Gasteiger partial charge in [-0.05, 0) is 39.7 Å². The summed E-state index contributed by atoms with van der Waals surface area (Å²) in [5.41, 5.74) is 0. The van der Waals surface area contributed by atoms with E-state index >= 15 is 0 Å². The van der Waals surface area contributed by atoms with Crippen LogP contribution in [0.25, 0.3) is 0 Å². The predicted molar refractivity (Wildman–Crippen MR) is 71.7 cm³/mol. The highest BCUT2D eigenvalue weighted by atomic mass is 35.5. The Morgan fingerprint density at radius 1 is 1.39 bits per heavy atom. The molecule has 5 nitrogen and oxygen atoms in total. The summed E-state index contributed by atoms with van der Waals surface area (Å²) in [4.78, 5) is 25.0. The van der Waals surface area contributed by atoms with Crippen molar-refractivity contribution in [3.8, 4) is 0 Å². The van der Waals surface area contributed by atoms with Crippen molar-refractivity contribution < 1.29 is 9.59 Å². The number of urea groups is 1. The van der Waals surface area contributed by atoms with Crippen LogP contribution in [0, 0.1) is 5.92 Å². The maximum atomic E-state index is 11.4. The first-order valence-electron chi connectivity index (χ1n) is 6.37. The Morgan fingerprint density at radius 3 is 2.56 bits per heavy atom. The molecule has 0 radical (unpaired) electrons. The van der Waals surface area contributed by atoms with Crippen molar-refractivity contribution in [1.82, 2.24) is 15.5 Å². The standard InChI is InChI=1S/C12H22ClN3O2/c1-8(2)16-5-4-10(7-16)6-14-12(18)15-11(17)9(3)13/h8-10H,4-7H2,1-3H3,(H2,14,15,17,18). The molecule has 1 rings (SSSR count). The molecule has 2 unspecified atom stereocenters. The lowest BCUT2D eigenvalue weighted by Crippen LogP contribution is -2.44. The zero-order valence-corrected chi connectivity index (χ0v) is 12.0. The molecule has 1 aliphatic heterocycles. The third-order valence-electron chi connectivity index (χ3n) is 3.20. The molecule has 0 aromatic heterocycles. The number of carbonyl (C=O) groups excluding carboxylic acids is 2. The van der Waals surface area contributed by atoms with Gasteiger partial charge in [0.15, 0.2) is 0 Å². The number of nitrogens with zero attached hydrogens (tertiary/aromatic N) is 1. The largest absolute Gasteiger partial charge is 0.337 e. The summed E-state index contributed by atoms with van der Waals surface area (Å²) < 4.78 is 0. The topological polar surface area (TPSA) is 61.4 Å². The molecule has 104 valence electrons. The van der Waals surface area contributed by atoms with Crippen LogP contribution in [0.2, 0.25) is 0 Å². The van der Waals surface area contributed by atoms with Gasteiger partial charge in [0.05, 0.1) is 0 Å². The summed E-state index contributed by atoms with van der Waals surface area (Å²) in [5.74, 6) is -0.00827. The van der Waals surface area contributed by atoms with Gasteiger partial charge >= 0.3 is 6.03 Å². The molecule has 1 fully saturated rings. The summed E-state index contributed by atoms with van der Waals surface area (Å²) >= 11 is 5.55. The van der Waals surface area contributed by atoms with Gasteiger partial charge < -0.3 is 10.2 Å². The number of halogens is 1. The van der Waals surface area contributed by atoms with E-state index in [-0.39, 0.29) is 0 Å². The summed E-state index contributed by atoms with van der Waals surface area (Å²) in [7, 11) is 0. The second-order valence-corrected chi connectivity index (χ2v) is 5.71. The molecule has 3 amide bonds. The molecule has 18 heavy (non-hydrogen) atoms. The average molecular weight is 276 g/mol. The van der Waals surface area contributed by atoms with Gasteiger partial charge in [-0.2, -0.15) is 0 Å². The van der Waals surface area contributed by atoms with Crippen molar-refractivity contribution in [3.63, 3.8) is 0 Å². The Kier molecular flexibility index (Phi) is 5.88. The summed E-state index contributed by atoms with van der Waals surface area (Å²) in [6.45, 7) is 8.54. The summed E-state index contributed by atoms with van der Waals surface area (Å²) in [5, 5.41) is 4.22. The second kappa shape index (κ2) is 6.95. The van der Waals surface area contributed by atoms with E-state index < -0.39 is 17.3 Å². The van der Waals surface area contributed by atoms with Crippen LogP contribution in [0.3, 0.4) is 0 Å². The minimum absolute atomic E-state index is 0.460. The molecule has 1 saturated heterocycles. The van der Waals surface area contributed by atoms with Crippen molar-refractivity contribution >= 4 is 23.5 Å². The van der Waals surface area contributed by atoms with Crippen LogP contribution in [-0.2, 0) is 4.79 Å². The molecular weight excluding hydrogens is 254 g/mol. The minimum atomic E-state index is -0.696. The minimum Gasteiger partial charge on any atom is -0.337 e. The lowest BCUT2D eigenvalue weighted by Gasteiger charge is -2.20. The number of imide groups is 1. The van der Waals surface area contributed by atoms with E-state index in [0.717, 1.165) is 19.5 Å². The van der Waals surface area contributed by atoms with E-state index in [0.29, 0.717) is 18.5 Å². The van der Waals surface area contributed by atoms with Crippen LogP contribution < -0.4 is 10.6 Å². The molecule has 0 aromatic rings. The van der Waals surface area contributed by atoms with Crippen LogP contribution in [0.15, 0.2) is 0 Å². The predicted octanol–water partition coefficient (Wildman–Crippen LogP) is 1.17. The fraction of sp³-hybridized carbons (Fsp3) is 0.833. The number of alkyl halides is 1. The number of amides is 3. The van der Waals surface area contributed by atoms with E-state index in [1.165, 1.54) is 6.92 Å². The molecular formula is C12H22ClN3O2. The highest BCUT2D eigenvalue weighted by Gasteiger charge is 2.24. The summed E-state index contributed by atoms with van der Waals surface area (Å²) in [6, 6.07) is 0.0815. The normalized spacial score (nSPS) is 21.9. The number of carbonyl (C=O) groups is 2. The van der Waals surface area contributed by atoms with E-state index in [9.17, 15) is 9.59 Å². The van der Waals surface area contributed by atoms with Crippen LogP contribution >= 0.6 is 11.6 Å². The molecule has 6 heteroatoms. The molecule has 0 bridgehead atoms. The van der Waals surface area contributed by atoms with Gasteiger partial charge in [0, 0.05) is 19.1 Å². The molecule has 2 N–H and O–H groups in total. The van der Waals surface area contributed by atoms with Crippen molar-refractivity contribution in [2.24, 2.45) is 5.92 Å². The smallest absolute Gasteiger partial charge is 0.321 e. The highest BCUT2D eigenvalue weighted by Crippen LogP contribution is 2.17. The van der Waals surface area contributed by atoms with E-state index in [4.69, 9.17) is 11.6 Å². The number of hydrogen-bond donors (Lipinski definition) is 2. The van der Waals surface area contributed by atoms with Gasteiger partial charge in [0.2, 0.25) is 5.91 Å². The van der Waals surface area contributed by atoms with E-state index in [1.807, 2.05) is 0 Å². The first-order chi connectivity index (χ1) is 8.40. The fourth-order valence-electron chi connectivity index (χ4n) is 1.99. The Hall–Kier alpha value is -0.810. The molecule has 0 aromatic carbocycles. The van der Waals surface area contributed by atoms with Gasteiger partial charge in [0.1, 0.15) is 5.38 Å². The lowest BCUT2D eigenvalue weighted by atomic mass is 10.1. The molecule has 1 heterocycles. The van der Waals surface area contributed by atoms with Crippen molar-refractivity contribution in [3.05, 3.63) is 0 Å². The molecule has 0 aliphatic carbocycles. The van der Waals surface area contributed by atoms with Crippen LogP contribution in [0.1, 0.15) is 27.2 Å². The second-order valence-electron chi connectivity index (χ2n) is 5.06.